The molecule has 1 aromatic carbocycles. The summed E-state index contributed by atoms with van der Waals surface area (Å²) < 4.78 is 18.3. The van der Waals surface area contributed by atoms with Gasteiger partial charge in [-0.3, -0.25) is 4.99 Å². The van der Waals surface area contributed by atoms with Gasteiger partial charge in [-0.05, 0) is 24.6 Å². The van der Waals surface area contributed by atoms with Crippen LogP contribution in [0.5, 0.6) is 5.75 Å². The van der Waals surface area contributed by atoms with Crippen LogP contribution in [-0.2, 0) is 6.54 Å². The van der Waals surface area contributed by atoms with E-state index in [1.165, 1.54) is 12.1 Å². The number of nitrogens with zero attached hydrogens (tertiary/aromatic N) is 1. The molecule has 2 N–H and O–H groups in total. The number of guanidine groups is 1. The van der Waals surface area contributed by atoms with E-state index < -0.39 is 0 Å². The molecule has 4 nitrogen and oxygen atoms in total. The van der Waals surface area contributed by atoms with Gasteiger partial charge in [0.05, 0.1) is 7.11 Å². The van der Waals surface area contributed by atoms with Gasteiger partial charge in [0, 0.05) is 25.2 Å². The van der Waals surface area contributed by atoms with Crippen molar-refractivity contribution in [2.45, 2.75) is 13.0 Å². The minimum atomic E-state index is -0.263. The van der Waals surface area contributed by atoms with Crippen LogP contribution in [0, 0.1) is 5.82 Å². The van der Waals surface area contributed by atoms with E-state index in [9.17, 15) is 4.39 Å². The molecular weight excluding hydrogens is 221 g/mol. The molecule has 1 aliphatic rings. The van der Waals surface area contributed by atoms with Crippen molar-refractivity contribution in [1.29, 1.82) is 0 Å². The van der Waals surface area contributed by atoms with Crippen molar-refractivity contribution in [1.82, 2.24) is 10.6 Å². The lowest BCUT2D eigenvalue weighted by Crippen LogP contribution is -2.40. The number of halogens is 1. The van der Waals surface area contributed by atoms with E-state index in [0.29, 0.717) is 12.3 Å². The van der Waals surface area contributed by atoms with Gasteiger partial charge in [0.1, 0.15) is 11.6 Å². The Bertz CT molecular complexity index is 420. The summed E-state index contributed by atoms with van der Waals surface area (Å²) in [4.78, 5) is 4.28. The summed E-state index contributed by atoms with van der Waals surface area (Å²) in [7, 11) is 1.58. The third-order valence-corrected chi connectivity index (χ3v) is 2.59. The Kier molecular flexibility index (Phi) is 3.80. The average Bonchev–Trinajstić information content (AvgIpc) is 2.38. The zero-order valence-corrected chi connectivity index (χ0v) is 9.79. The maximum atomic E-state index is 13.1. The highest BCUT2D eigenvalue weighted by Crippen LogP contribution is 2.18. The van der Waals surface area contributed by atoms with Crippen LogP contribution in [-0.4, -0.2) is 26.2 Å². The first-order valence-electron chi connectivity index (χ1n) is 5.64. The number of benzene rings is 1. The minimum absolute atomic E-state index is 0.263. The smallest absolute Gasteiger partial charge is 0.191 e. The maximum Gasteiger partial charge on any atom is 0.191 e. The number of aliphatic imine (C=N–C) groups is 1. The van der Waals surface area contributed by atoms with Gasteiger partial charge in [-0.15, -0.1) is 0 Å². The second kappa shape index (κ2) is 5.52. The van der Waals surface area contributed by atoms with Crippen LogP contribution in [0.1, 0.15) is 12.0 Å². The van der Waals surface area contributed by atoms with Crippen LogP contribution in [0.4, 0.5) is 4.39 Å². The Hall–Kier alpha value is -1.78. The molecule has 0 saturated heterocycles. The predicted octanol–water partition coefficient (Wildman–Crippen LogP) is 1.27. The van der Waals surface area contributed by atoms with E-state index in [1.807, 2.05) is 0 Å². The van der Waals surface area contributed by atoms with Crippen molar-refractivity contribution < 1.29 is 9.13 Å². The lowest BCUT2D eigenvalue weighted by Gasteiger charge is -2.17. The molecular formula is C12H16FN3O. The standard InChI is InChI=1S/C12H16FN3O/c1-17-11-4-3-10(13)7-9(11)8-16-12-14-5-2-6-15-12/h3-4,7H,2,5-6,8H2,1H3,(H2,14,15,16). The van der Waals surface area contributed by atoms with Gasteiger partial charge in [-0.25, -0.2) is 4.39 Å². The summed E-state index contributed by atoms with van der Waals surface area (Å²) in [5.41, 5.74) is 0.780. The van der Waals surface area contributed by atoms with Gasteiger partial charge in [0.15, 0.2) is 5.96 Å². The molecule has 0 saturated carbocycles. The van der Waals surface area contributed by atoms with Crippen molar-refractivity contribution in [3.63, 3.8) is 0 Å². The van der Waals surface area contributed by atoms with Gasteiger partial charge in [-0.1, -0.05) is 0 Å². The van der Waals surface area contributed by atoms with Crippen molar-refractivity contribution in [3.8, 4) is 5.75 Å². The fraction of sp³-hybridized carbons (Fsp3) is 0.417. The third-order valence-electron chi connectivity index (χ3n) is 2.59. The maximum absolute atomic E-state index is 13.1. The van der Waals surface area contributed by atoms with Crippen LogP contribution in [0.25, 0.3) is 0 Å². The summed E-state index contributed by atoms with van der Waals surface area (Å²) in [5.74, 6) is 1.18. The quantitative estimate of drug-likeness (QED) is 0.832. The Balaban J connectivity index is 2.02. The van der Waals surface area contributed by atoms with Crippen molar-refractivity contribution in [2.24, 2.45) is 4.99 Å². The predicted molar refractivity (Wildman–Crippen MR) is 64.7 cm³/mol. The average molecular weight is 237 g/mol. The second-order valence-electron chi connectivity index (χ2n) is 3.82. The second-order valence-corrected chi connectivity index (χ2v) is 3.82. The van der Waals surface area contributed by atoms with Gasteiger partial charge in [0.25, 0.3) is 0 Å². The molecule has 0 amide bonds. The highest BCUT2D eigenvalue weighted by Gasteiger charge is 2.07. The number of ether oxygens (including phenoxy) is 1. The van der Waals surface area contributed by atoms with Gasteiger partial charge < -0.3 is 15.4 Å². The van der Waals surface area contributed by atoms with Crippen molar-refractivity contribution in [2.75, 3.05) is 20.2 Å². The Morgan fingerprint density at radius 2 is 2.41 bits per heavy atom. The Morgan fingerprint density at radius 3 is 3.12 bits per heavy atom. The number of hydrogen-bond acceptors (Lipinski definition) is 4. The van der Waals surface area contributed by atoms with Gasteiger partial charge in [0.2, 0.25) is 0 Å². The molecule has 5 heteroatoms. The highest BCUT2D eigenvalue weighted by molar-refractivity contribution is 5.80. The number of hydrogen-bond donors (Lipinski definition) is 2. The SMILES string of the molecule is COc1ccc(F)cc1CNC1=NCCCN1. The molecule has 1 aliphatic heterocycles. The van der Waals surface area contributed by atoms with Crippen LogP contribution in [0.15, 0.2) is 23.2 Å². The monoisotopic (exact) mass is 237 g/mol. The fourth-order valence-corrected chi connectivity index (χ4v) is 1.72. The van der Waals surface area contributed by atoms with E-state index in [1.54, 1.807) is 13.2 Å². The summed E-state index contributed by atoms with van der Waals surface area (Å²) >= 11 is 0. The fourth-order valence-electron chi connectivity index (χ4n) is 1.72. The van der Waals surface area contributed by atoms with Crippen molar-refractivity contribution >= 4 is 5.96 Å². The summed E-state index contributed by atoms with van der Waals surface area (Å²) in [6.07, 6.45) is 1.05. The molecule has 0 atom stereocenters. The van der Waals surface area contributed by atoms with Gasteiger partial charge in [-0.2, -0.15) is 0 Å². The van der Waals surface area contributed by atoms with E-state index in [2.05, 4.69) is 15.6 Å². The molecule has 1 heterocycles. The van der Waals surface area contributed by atoms with Crippen LogP contribution >= 0.6 is 0 Å². The molecule has 0 aliphatic carbocycles. The largest absolute Gasteiger partial charge is 0.496 e. The zero-order chi connectivity index (χ0) is 12.1. The summed E-state index contributed by atoms with van der Waals surface area (Å²) in [5, 5.41) is 6.28. The minimum Gasteiger partial charge on any atom is -0.496 e. The van der Waals surface area contributed by atoms with E-state index >= 15 is 0 Å². The molecule has 0 bridgehead atoms. The summed E-state index contributed by atoms with van der Waals surface area (Å²) in [6, 6.07) is 4.48. The molecule has 0 spiro atoms. The summed E-state index contributed by atoms with van der Waals surface area (Å²) in [6.45, 7) is 2.24. The molecule has 92 valence electrons. The number of nitrogens with one attached hydrogen (secondary N) is 2. The third kappa shape index (κ3) is 3.09. The van der Waals surface area contributed by atoms with Crippen LogP contribution < -0.4 is 15.4 Å². The highest BCUT2D eigenvalue weighted by atomic mass is 19.1. The normalized spacial score (nSPS) is 14.8. The van der Waals surface area contributed by atoms with Gasteiger partial charge >= 0.3 is 0 Å². The van der Waals surface area contributed by atoms with E-state index in [0.717, 1.165) is 31.0 Å². The van der Waals surface area contributed by atoms with Crippen LogP contribution in [0.3, 0.4) is 0 Å². The first-order chi connectivity index (χ1) is 8.29. The lowest BCUT2D eigenvalue weighted by atomic mass is 10.2. The molecule has 0 aromatic heterocycles. The Labute approximate surface area is 99.9 Å². The topological polar surface area (TPSA) is 45.6 Å². The molecule has 0 radical (unpaired) electrons. The zero-order valence-electron chi connectivity index (χ0n) is 9.79. The lowest BCUT2D eigenvalue weighted by molar-refractivity contribution is 0.407. The number of rotatable bonds is 3. The van der Waals surface area contributed by atoms with E-state index in [-0.39, 0.29) is 5.82 Å². The first kappa shape index (κ1) is 11.7. The molecule has 1 aromatic rings. The molecule has 0 unspecified atom stereocenters. The van der Waals surface area contributed by atoms with E-state index in [4.69, 9.17) is 4.74 Å². The number of methoxy groups -OCH3 is 1. The van der Waals surface area contributed by atoms with Crippen LogP contribution in [0.2, 0.25) is 0 Å². The Morgan fingerprint density at radius 1 is 1.53 bits per heavy atom. The molecule has 0 fully saturated rings. The molecule has 17 heavy (non-hydrogen) atoms. The first-order valence-corrected chi connectivity index (χ1v) is 5.64. The van der Waals surface area contributed by atoms with Crippen molar-refractivity contribution in [3.05, 3.63) is 29.6 Å². The molecule has 2 rings (SSSR count).